The molecule has 0 aliphatic rings. The summed E-state index contributed by atoms with van der Waals surface area (Å²) in [6.45, 7) is 5.91. The Morgan fingerprint density at radius 1 is 0.885 bits per heavy atom. The van der Waals surface area contributed by atoms with Gasteiger partial charge in [0, 0.05) is 0 Å². The quantitative estimate of drug-likeness (QED) is 0.695. The average Bonchev–Trinajstić information content (AvgIpc) is 2.67. The second-order valence-electron chi connectivity index (χ2n) is 7.18. The predicted octanol–water partition coefficient (Wildman–Crippen LogP) is 3.67. The van der Waals surface area contributed by atoms with Gasteiger partial charge in [0.1, 0.15) is 6.33 Å². The fraction of sp³-hybridized carbons (Fsp3) is 0.238. The van der Waals surface area contributed by atoms with Crippen molar-refractivity contribution in [1.82, 2.24) is 15.0 Å². The van der Waals surface area contributed by atoms with Crippen LogP contribution in [-0.2, 0) is 20.4 Å². The van der Waals surface area contributed by atoms with Crippen LogP contribution in [0.15, 0.2) is 61.3 Å². The molecule has 2 aromatic heterocycles. The molecular formula is C21H20N3NiO. The topological polar surface area (TPSA) is 58.9 Å². The van der Waals surface area contributed by atoms with Crippen LogP contribution in [0.25, 0.3) is 11.1 Å². The van der Waals surface area contributed by atoms with Gasteiger partial charge in [-0.25, -0.2) is 9.97 Å². The van der Waals surface area contributed by atoms with Gasteiger partial charge >= 0.3 is 144 Å². The molecule has 1 atom stereocenters. The molecule has 0 bridgehead atoms. The molecule has 3 rings (SSSR count). The van der Waals surface area contributed by atoms with Gasteiger partial charge in [-0.15, -0.1) is 0 Å². The third-order valence-corrected chi connectivity index (χ3v) is 4.79. The van der Waals surface area contributed by atoms with Crippen molar-refractivity contribution < 1.29 is 19.9 Å². The fourth-order valence-electron chi connectivity index (χ4n) is 2.95. The molecule has 26 heavy (non-hydrogen) atoms. The third-order valence-electron chi connectivity index (χ3n) is 4.51. The fourth-order valence-corrected chi connectivity index (χ4v) is 3.11. The molecule has 1 unspecified atom stereocenters. The Morgan fingerprint density at radius 3 is 2.00 bits per heavy atom. The molecule has 3 aromatic rings. The summed E-state index contributed by atoms with van der Waals surface area (Å²) in [6.07, 6.45) is 6.49. The first-order valence-corrected chi connectivity index (χ1v) is 8.74. The van der Waals surface area contributed by atoms with Crippen LogP contribution in [0, 0.1) is 10.2 Å². The van der Waals surface area contributed by atoms with Gasteiger partial charge in [-0.3, -0.25) is 0 Å². The monoisotopic (exact) mass is 388 g/mol. The Hall–Kier alpha value is -2.32. The number of benzene rings is 1. The Morgan fingerprint density at radius 2 is 1.50 bits per heavy atom. The number of rotatable bonds is 3. The van der Waals surface area contributed by atoms with E-state index in [-0.39, 0.29) is 0 Å². The summed E-state index contributed by atoms with van der Waals surface area (Å²) in [5.74, 6) is 0. The summed E-state index contributed by atoms with van der Waals surface area (Å²) < 4.78 is 0. The van der Waals surface area contributed by atoms with Crippen molar-refractivity contribution >= 4 is 0 Å². The summed E-state index contributed by atoms with van der Waals surface area (Å²) in [5, 5.41) is 11.6. The average molecular weight is 389 g/mol. The van der Waals surface area contributed by atoms with Crippen molar-refractivity contribution in [2.45, 2.75) is 26.4 Å². The van der Waals surface area contributed by atoms with E-state index < -0.39 is 11.0 Å². The summed E-state index contributed by atoms with van der Waals surface area (Å²) in [5.41, 5.74) is 2.28. The Bertz CT molecular complexity index is 926. The summed E-state index contributed by atoms with van der Waals surface area (Å²) in [4.78, 5) is 15.4. The van der Waals surface area contributed by atoms with Crippen LogP contribution in [-0.4, -0.2) is 20.1 Å². The first-order chi connectivity index (χ1) is 12.4. The van der Waals surface area contributed by atoms with Gasteiger partial charge in [-0.05, 0) is 0 Å². The molecule has 0 amide bonds. The van der Waals surface area contributed by atoms with E-state index in [0.717, 1.165) is 16.7 Å². The second kappa shape index (κ2) is 7.13. The van der Waals surface area contributed by atoms with Gasteiger partial charge < -0.3 is 0 Å². The number of pyridine rings is 1. The van der Waals surface area contributed by atoms with E-state index in [9.17, 15) is 5.11 Å². The van der Waals surface area contributed by atoms with Crippen molar-refractivity contribution in [2.75, 3.05) is 0 Å². The maximum absolute atomic E-state index is 11.6. The second-order valence-corrected chi connectivity index (χ2v) is 7.42. The van der Waals surface area contributed by atoms with Gasteiger partial charge in [0.05, 0.1) is 0 Å². The number of hydrogen-bond donors (Lipinski definition) is 1. The molecule has 0 radical (unpaired) electrons. The number of hydrogen-bond acceptors (Lipinski definition) is 4. The van der Waals surface area contributed by atoms with Crippen LogP contribution < -0.4 is 0 Å². The molecule has 1 N–H and O–H groups in total. The molecule has 0 spiro atoms. The standard InChI is InChI=1S/C21H20N3O.Ni/c1-15-5-7-16(8-6-15)17-9-10-19(24-11-17)21(25,20(2,3)4)18-12-22-14-23-13-18;/h5-14,25H,2-4H3;. The van der Waals surface area contributed by atoms with E-state index in [0.29, 0.717) is 11.3 Å². The van der Waals surface area contributed by atoms with Gasteiger partial charge in [0.2, 0.25) is 0 Å². The zero-order valence-electron chi connectivity index (χ0n) is 14.9. The van der Waals surface area contributed by atoms with Gasteiger partial charge in [0.25, 0.3) is 0 Å². The van der Waals surface area contributed by atoms with Gasteiger partial charge in [-0.1, -0.05) is 0 Å². The van der Waals surface area contributed by atoms with Crippen LogP contribution in [0.3, 0.4) is 0 Å². The normalized spacial score (nSPS) is 13.7. The van der Waals surface area contributed by atoms with E-state index >= 15 is 0 Å². The molecule has 0 aliphatic heterocycles. The van der Waals surface area contributed by atoms with Crippen molar-refractivity contribution in [3.8, 4) is 15.9 Å². The third kappa shape index (κ3) is 3.34. The first-order valence-electron chi connectivity index (χ1n) is 8.24. The summed E-state index contributed by atoms with van der Waals surface area (Å²) in [7, 11) is 0. The zero-order chi connectivity index (χ0) is 18.8. The minimum absolute atomic E-state index is 0.496. The van der Waals surface area contributed by atoms with Crippen molar-refractivity contribution in [3.63, 3.8) is 0 Å². The van der Waals surface area contributed by atoms with Crippen molar-refractivity contribution in [2.24, 2.45) is 5.41 Å². The Kier molecular flexibility index (Phi) is 5.06. The van der Waals surface area contributed by atoms with Crippen molar-refractivity contribution in [1.29, 1.82) is 0 Å². The van der Waals surface area contributed by atoms with E-state index in [1.54, 1.807) is 18.6 Å². The van der Waals surface area contributed by atoms with Crippen LogP contribution in [0.4, 0.5) is 0 Å². The maximum atomic E-state index is 11.6. The molecule has 0 saturated carbocycles. The van der Waals surface area contributed by atoms with E-state index in [1.165, 1.54) is 6.33 Å². The first kappa shape index (κ1) is 18.5. The van der Waals surface area contributed by atoms with Gasteiger partial charge in [-0.2, -0.15) is 0 Å². The Balaban J connectivity index is 2.03. The molecule has 135 valence electrons. The molecule has 2 heterocycles. The van der Waals surface area contributed by atoms with Crippen LogP contribution >= 0.6 is 0 Å². The minimum atomic E-state index is -1.30. The molecule has 0 aliphatic carbocycles. The molecule has 1 aromatic carbocycles. The summed E-state index contributed by atoms with van der Waals surface area (Å²) >= 11 is 4.53. The predicted molar refractivity (Wildman–Crippen MR) is 97.1 cm³/mol. The van der Waals surface area contributed by atoms with Crippen LogP contribution in [0.2, 0.25) is 0 Å². The van der Waals surface area contributed by atoms with E-state index in [1.807, 2.05) is 57.2 Å². The molecule has 5 heteroatoms. The molecular weight excluding hydrogens is 369 g/mol. The SMILES string of the molecule is CC(C)(C)C(O)(c1cncnc1)c1ccc(-c2ccc([C]#[Ni])cc2)cn1. The summed E-state index contributed by atoms with van der Waals surface area (Å²) in [6, 6.07) is 11.6. The number of aromatic nitrogens is 3. The molecule has 0 saturated heterocycles. The van der Waals surface area contributed by atoms with Crippen molar-refractivity contribution in [3.05, 3.63) is 78.1 Å². The van der Waals surface area contributed by atoms with Crippen LogP contribution in [0.1, 0.15) is 37.6 Å². The van der Waals surface area contributed by atoms with Gasteiger partial charge in [0.15, 0.2) is 0 Å². The number of nitrogens with zero attached hydrogens (tertiary/aromatic N) is 3. The number of aliphatic hydroxyl groups is 1. The molecule has 0 fully saturated rings. The molecule has 4 nitrogen and oxygen atoms in total. The van der Waals surface area contributed by atoms with E-state index in [2.05, 4.69) is 34.6 Å². The Labute approximate surface area is 160 Å². The van der Waals surface area contributed by atoms with E-state index in [4.69, 9.17) is 0 Å². The zero-order valence-corrected chi connectivity index (χ0v) is 15.9. The van der Waals surface area contributed by atoms with Crippen LogP contribution in [0.5, 0.6) is 0 Å².